The molecule has 8 nitrogen and oxygen atoms in total. The number of nitrogens with one attached hydrogen (secondary N) is 2. The topological polar surface area (TPSA) is 108 Å². The van der Waals surface area contributed by atoms with Crippen LogP contribution in [0.4, 0.5) is 5.69 Å². The average Bonchev–Trinajstić information content (AvgIpc) is 3.36. The summed E-state index contributed by atoms with van der Waals surface area (Å²) in [6, 6.07) is 4.43. The van der Waals surface area contributed by atoms with Crippen molar-refractivity contribution >= 4 is 35.0 Å². The molecule has 3 N–H and O–H groups in total. The van der Waals surface area contributed by atoms with E-state index >= 15 is 0 Å². The van der Waals surface area contributed by atoms with Gasteiger partial charge < -0.3 is 25.4 Å². The second-order valence-electron chi connectivity index (χ2n) is 8.20. The quantitative estimate of drug-likeness (QED) is 0.620. The number of aliphatic hydroxyl groups excluding tert-OH is 1. The molecule has 2 unspecified atom stereocenters. The van der Waals surface area contributed by atoms with Crippen molar-refractivity contribution in [3.63, 3.8) is 0 Å². The number of fused-ring (bicyclic) bond motifs is 1. The third kappa shape index (κ3) is 3.01. The first-order valence-electron chi connectivity index (χ1n) is 10.2. The lowest BCUT2D eigenvalue weighted by atomic mass is 9.70. The number of halogens is 1. The Bertz CT molecular complexity index is 873. The van der Waals surface area contributed by atoms with Crippen molar-refractivity contribution in [2.24, 2.45) is 11.8 Å². The minimum Gasteiger partial charge on any atom is -0.396 e. The SMILES string of the molecule is CNC(=O)[C@@H]1[C@H]2C(=O)N(CCCO)C(C(=O)Nc3c(C)cccc3Cl)C23CC[C@H]1O3. The third-order valence-electron chi connectivity index (χ3n) is 6.62. The van der Waals surface area contributed by atoms with Crippen molar-refractivity contribution in [2.45, 2.75) is 43.9 Å². The fraction of sp³-hybridized carbons (Fsp3) is 0.571. The number of anilines is 1. The first kappa shape index (κ1) is 21.1. The molecule has 3 fully saturated rings. The molecule has 3 heterocycles. The zero-order valence-corrected chi connectivity index (χ0v) is 17.7. The largest absolute Gasteiger partial charge is 0.396 e. The van der Waals surface area contributed by atoms with E-state index in [0.717, 1.165) is 5.56 Å². The first-order valence-corrected chi connectivity index (χ1v) is 10.6. The van der Waals surface area contributed by atoms with Gasteiger partial charge in [0.15, 0.2) is 0 Å². The predicted molar refractivity (Wildman–Crippen MR) is 110 cm³/mol. The van der Waals surface area contributed by atoms with Crippen LogP contribution < -0.4 is 10.6 Å². The molecule has 0 radical (unpaired) electrons. The lowest BCUT2D eigenvalue weighted by Crippen LogP contribution is -2.53. The van der Waals surface area contributed by atoms with Crippen LogP contribution in [0.2, 0.25) is 5.02 Å². The molecular formula is C21H26ClN3O5. The van der Waals surface area contributed by atoms with Gasteiger partial charge in [-0.15, -0.1) is 0 Å². The number of rotatable bonds is 6. The Morgan fingerprint density at radius 2 is 2.13 bits per heavy atom. The molecule has 2 bridgehead atoms. The number of nitrogens with zero attached hydrogens (tertiary/aromatic N) is 1. The fourth-order valence-electron chi connectivity index (χ4n) is 5.38. The molecule has 3 aliphatic heterocycles. The average molecular weight is 436 g/mol. The van der Waals surface area contributed by atoms with Crippen LogP contribution in [0.1, 0.15) is 24.8 Å². The van der Waals surface area contributed by atoms with Crippen molar-refractivity contribution in [2.75, 3.05) is 25.5 Å². The summed E-state index contributed by atoms with van der Waals surface area (Å²) in [5, 5.41) is 15.2. The molecule has 0 aromatic heterocycles. The predicted octanol–water partition coefficient (Wildman–Crippen LogP) is 1.09. The standard InChI is InChI=1S/C21H26ClN3O5/c1-11-5-3-6-12(22)16(11)24-19(28)17-21-8-7-13(30-21)14(18(27)23-2)15(21)20(29)25(17)9-4-10-26/h3,5-6,13-15,17,26H,4,7-10H2,1-2H3,(H,23,27)(H,24,28)/t13-,14+,15+,17?,21?/m1/s1. The highest BCUT2D eigenvalue weighted by Crippen LogP contribution is 2.58. The van der Waals surface area contributed by atoms with Gasteiger partial charge in [0.1, 0.15) is 11.6 Å². The number of hydrogen-bond acceptors (Lipinski definition) is 5. The van der Waals surface area contributed by atoms with E-state index in [0.29, 0.717) is 30.0 Å². The van der Waals surface area contributed by atoms with Crippen LogP contribution in [0.25, 0.3) is 0 Å². The number of likely N-dealkylation sites (tertiary alicyclic amines) is 1. The van der Waals surface area contributed by atoms with E-state index in [9.17, 15) is 19.5 Å². The molecule has 0 saturated carbocycles. The van der Waals surface area contributed by atoms with Crippen LogP contribution in [0.5, 0.6) is 0 Å². The second kappa shape index (κ2) is 7.83. The smallest absolute Gasteiger partial charge is 0.250 e. The highest BCUT2D eigenvalue weighted by Gasteiger charge is 2.74. The van der Waals surface area contributed by atoms with Gasteiger partial charge >= 0.3 is 0 Å². The van der Waals surface area contributed by atoms with E-state index in [4.69, 9.17) is 16.3 Å². The van der Waals surface area contributed by atoms with Gasteiger partial charge in [-0.25, -0.2) is 0 Å². The lowest BCUT2D eigenvalue weighted by molar-refractivity contribution is -0.140. The monoisotopic (exact) mass is 435 g/mol. The number of carbonyl (C=O) groups excluding carboxylic acids is 3. The summed E-state index contributed by atoms with van der Waals surface area (Å²) in [4.78, 5) is 40.9. The molecule has 0 aliphatic carbocycles. The van der Waals surface area contributed by atoms with E-state index in [1.165, 1.54) is 11.9 Å². The van der Waals surface area contributed by atoms with Gasteiger partial charge in [0, 0.05) is 20.2 Å². The normalized spacial score (nSPS) is 31.7. The molecule has 162 valence electrons. The molecular weight excluding hydrogens is 410 g/mol. The maximum atomic E-state index is 13.5. The third-order valence-corrected chi connectivity index (χ3v) is 6.94. The van der Waals surface area contributed by atoms with Crippen molar-refractivity contribution < 1.29 is 24.2 Å². The Hall–Kier alpha value is -2.16. The van der Waals surface area contributed by atoms with Gasteiger partial charge in [-0.2, -0.15) is 0 Å². The van der Waals surface area contributed by atoms with Gasteiger partial charge in [-0.05, 0) is 37.8 Å². The summed E-state index contributed by atoms with van der Waals surface area (Å²) in [6.07, 6.45) is 1.09. The Morgan fingerprint density at radius 3 is 2.80 bits per heavy atom. The number of aryl methyl sites for hydroxylation is 1. The Kier molecular flexibility index (Phi) is 5.50. The number of carbonyl (C=O) groups is 3. The maximum absolute atomic E-state index is 13.5. The summed E-state index contributed by atoms with van der Waals surface area (Å²) < 4.78 is 6.25. The minimum atomic E-state index is -1.05. The molecule has 3 amide bonds. The summed E-state index contributed by atoms with van der Waals surface area (Å²) in [6.45, 7) is 1.94. The molecule has 3 saturated heterocycles. The molecule has 1 aromatic carbocycles. The van der Waals surface area contributed by atoms with E-state index in [2.05, 4.69) is 10.6 Å². The molecule has 4 rings (SSSR count). The number of para-hydroxylation sites is 1. The highest BCUT2D eigenvalue weighted by molar-refractivity contribution is 6.34. The summed E-state index contributed by atoms with van der Waals surface area (Å²) in [5.74, 6) is -2.23. The van der Waals surface area contributed by atoms with E-state index in [-0.39, 0.29) is 31.1 Å². The molecule has 3 aliphatic rings. The summed E-state index contributed by atoms with van der Waals surface area (Å²) in [5.41, 5.74) is 0.248. The number of benzene rings is 1. The number of hydrogen-bond donors (Lipinski definition) is 3. The Morgan fingerprint density at radius 1 is 1.37 bits per heavy atom. The van der Waals surface area contributed by atoms with Gasteiger partial charge in [-0.3, -0.25) is 14.4 Å². The van der Waals surface area contributed by atoms with E-state index < -0.39 is 29.4 Å². The van der Waals surface area contributed by atoms with Crippen LogP contribution in [0, 0.1) is 18.8 Å². The summed E-state index contributed by atoms with van der Waals surface area (Å²) >= 11 is 6.29. The molecule has 9 heteroatoms. The van der Waals surface area contributed by atoms with Crippen LogP contribution in [0.3, 0.4) is 0 Å². The number of aliphatic hydroxyl groups is 1. The zero-order valence-electron chi connectivity index (χ0n) is 17.0. The maximum Gasteiger partial charge on any atom is 0.250 e. The van der Waals surface area contributed by atoms with Gasteiger partial charge in [0.2, 0.25) is 17.7 Å². The van der Waals surface area contributed by atoms with Crippen LogP contribution in [-0.2, 0) is 19.1 Å². The number of amides is 3. The van der Waals surface area contributed by atoms with Crippen molar-refractivity contribution in [1.82, 2.24) is 10.2 Å². The van der Waals surface area contributed by atoms with E-state index in [1.54, 1.807) is 12.1 Å². The second-order valence-corrected chi connectivity index (χ2v) is 8.61. The van der Waals surface area contributed by atoms with Crippen LogP contribution in [-0.4, -0.2) is 65.7 Å². The Labute approximate surface area is 179 Å². The molecule has 30 heavy (non-hydrogen) atoms. The Balaban J connectivity index is 1.72. The van der Waals surface area contributed by atoms with Crippen molar-refractivity contribution in [1.29, 1.82) is 0 Å². The van der Waals surface area contributed by atoms with Crippen molar-refractivity contribution in [3.05, 3.63) is 28.8 Å². The van der Waals surface area contributed by atoms with Gasteiger partial charge in [0.05, 0.1) is 28.6 Å². The van der Waals surface area contributed by atoms with Gasteiger partial charge in [0.25, 0.3) is 0 Å². The molecule has 1 aromatic rings. The van der Waals surface area contributed by atoms with Gasteiger partial charge in [-0.1, -0.05) is 23.7 Å². The number of ether oxygens (including phenoxy) is 1. The van der Waals surface area contributed by atoms with Crippen LogP contribution in [0.15, 0.2) is 18.2 Å². The minimum absolute atomic E-state index is 0.109. The lowest BCUT2D eigenvalue weighted by Gasteiger charge is -2.33. The highest BCUT2D eigenvalue weighted by atomic mass is 35.5. The zero-order chi connectivity index (χ0) is 21.6. The fourth-order valence-corrected chi connectivity index (χ4v) is 5.65. The van der Waals surface area contributed by atoms with E-state index in [1.807, 2.05) is 13.0 Å². The summed E-state index contributed by atoms with van der Waals surface area (Å²) in [7, 11) is 1.54. The van der Waals surface area contributed by atoms with Crippen molar-refractivity contribution in [3.8, 4) is 0 Å². The molecule has 5 atom stereocenters. The van der Waals surface area contributed by atoms with Crippen LogP contribution >= 0.6 is 11.6 Å². The molecule has 1 spiro atoms. The first-order chi connectivity index (χ1) is 14.4.